The van der Waals surface area contributed by atoms with E-state index in [1.54, 1.807) is 12.1 Å². The molecule has 0 bridgehead atoms. The van der Waals surface area contributed by atoms with Crippen LogP contribution in [-0.4, -0.2) is 14.3 Å². The van der Waals surface area contributed by atoms with Crippen molar-refractivity contribution in [3.8, 4) is 0 Å². The second-order valence-electron chi connectivity index (χ2n) is 7.15. The van der Waals surface area contributed by atoms with Gasteiger partial charge in [-0.1, -0.05) is 18.2 Å². The second-order valence-corrected chi connectivity index (χ2v) is 9.14. The van der Waals surface area contributed by atoms with E-state index in [-0.39, 0.29) is 23.0 Å². The van der Waals surface area contributed by atoms with Gasteiger partial charge in [-0.3, -0.25) is 4.79 Å². The van der Waals surface area contributed by atoms with Crippen molar-refractivity contribution in [3.63, 3.8) is 0 Å². The minimum absolute atomic E-state index is 0.00601. The van der Waals surface area contributed by atoms with Gasteiger partial charge >= 0.3 is 6.18 Å². The maximum Gasteiger partial charge on any atom is 0.416 e. The van der Waals surface area contributed by atoms with Gasteiger partial charge in [-0.15, -0.1) is 0 Å². The first-order valence-electron chi connectivity index (χ1n) is 9.29. The number of nitrogens with one attached hydrogen (secondary N) is 1. The van der Waals surface area contributed by atoms with Crippen molar-refractivity contribution in [2.24, 2.45) is 0 Å². The molecule has 0 radical (unpaired) electrons. The van der Waals surface area contributed by atoms with Gasteiger partial charge in [-0.05, 0) is 66.9 Å². The first-order valence-corrected chi connectivity index (χ1v) is 10.9. The van der Waals surface area contributed by atoms with Gasteiger partial charge in [0.2, 0.25) is 0 Å². The van der Waals surface area contributed by atoms with Crippen molar-refractivity contribution < 1.29 is 30.8 Å². The van der Waals surface area contributed by atoms with Crippen molar-refractivity contribution in [2.45, 2.75) is 37.2 Å². The van der Waals surface area contributed by atoms with E-state index in [1.807, 2.05) is 13.8 Å². The summed E-state index contributed by atoms with van der Waals surface area (Å²) < 4.78 is 68.4. The summed E-state index contributed by atoms with van der Waals surface area (Å²) in [4.78, 5) is 12.4. The van der Waals surface area contributed by atoms with E-state index in [4.69, 9.17) is 4.42 Å². The third-order valence-electron chi connectivity index (χ3n) is 4.79. The largest absolute Gasteiger partial charge is 0.455 e. The Hall–Kier alpha value is -3.07. The predicted molar refractivity (Wildman–Crippen MR) is 108 cm³/mol. The molecule has 0 spiro atoms. The fraction of sp³-hybridized carbons (Fsp3) is 0.227. The summed E-state index contributed by atoms with van der Waals surface area (Å²) in [5.74, 6) is -0.980. The summed E-state index contributed by atoms with van der Waals surface area (Å²) in [6, 6.07) is 12.0. The summed E-state index contributed by atoms with van der Waals surface area (Å²) >= 11 is 0. The first kappa shape index (κ1) is 22.6. The number of sulfone groups is 1. The maximum absolute atomic E-state index is 12.6. The van der Waals surface area contributed by atoms with Crippen molar-refractivity contribution in [1.82, 2.24) is 5.32 Å². The Bertz CT molecular complexity index is 1200. The lowest BCUT2D eigenvalue weighted by Crippen LogP contribution is -2.22. The maximum atomic E-state index is 12.6. The number of benzene rings is 2. The van der Waals surface area contributed by atoms with Crippen LogP contribution in [0.1, 0.15) is 38.6 Å². The zero-order chi connectivity index (χ0) is 22.8. The highest BCUT2D eigenvalue weighted by Gasteiger charge is 2.30. The van der Waals surface area contributed by atoms with E-state index < -0.39 is 33.2 Å². The number of alkyl halides is 3. The molecule has 3 aromatic rings. The lowest BCUT2D eigenvalue weighted by atomic mass is 10.1. The molecule has 0 saturated heterocycles. The number of hydrogen-bond acceptors (Lipinski definition) is 4. The van der Waals surface area contributed by atoms with Crippen LogP contribution in [0.5, 0.6) is 0 Å². The topological polar surface area (TPSA) is 76.4 Å². The minimum Gasteiger partial charge on any atom is -0.455 e. The van der Waals surface area contributed by atoms with Crippen molar-refractivity contribution in [1.29, 1.82) is 0 Å². The molecular formula is C22H20F3NO4S. The van der Waals surface area contributed by atoms with E-state index in [2.05, 4.69) is 5.32 Å². The Kier molecular flexibility index (Phi) is 6.26. The van der Waals surface area contributed by atoms with Crippen LogP contribution < -0.4 is 5.32 Å². The fourth-order valence-corrected chi connectivity index (χ4v) is 4.16. The SMILES string of the molecule is Cc1ccc(S(=O)(=O)Cc2ccc(C(=O)NCc3ccc(C(F)(F)F)cc3)o2)cc1C. The number of aryl methyl sites for hydroxylation is 2. The average Bonchev–Trinajstić information content (AvgIpc) is 3.15. The molecule has 0 aliphatic heterocycles. The highest BCUT2D eigenvalue weighted by molar-refractivity contribution is 7.90. The van der Waals surface area contributed by atoms with Crippen molar-refractivity contribution in [2.75, 3.05) is 0 Å². The summed E-state index contributed by atoms with van der Waals surface area (Å²) in [6.45, 7) is 3.70. The van der Waals surface area contributed by atoms with Gasteiger partial charge in [0.25, 0.3) is 5.91 Å². The van der Waals surface area contributed by atoms with Crippen LogP contribution in [-0.2, 0) is 28.3 Å². The predicted octanol–water partition coefficient (Wildman–Crippen LogP) is 4.82. The Balaban J connectivity index is 1.63. The van der Waals surface area contributed by atoms with Crippen LogP contribution in [0.2, 0.25) is 0 Å². The van der Waals surface area contributed by atoms with Crippen LogP contribution in [0, 0.1) is 13.8 Å². The van der Waals surface area contributed by atoms with E-state index in [9.17, 15) is 26.4 Å². The minimum atomic E-state index is -4.43. The molecule has 0 unspecified atom stereocenters. The van der Waals surface area contributed by atoms with Gasteiger partial charge in [0.1, 0.15) is 11.5 Å². The van der Waals surface area contributed by atoms with Gasteiger partial charge in [0, 0.05) is 6.54 Å². The molecule has 31 heavy (non-hydrogen) atoms. The zero-order valence-corrected chi connectivity index (χ0v) is 17.6. The van der Waals surface area contributed by atoms with Crippen LogP contribution in [0.3, 0.4) is 0 Å². The summed E-state index contributed by atoms with van der Waals surface area (Å²) in [6.07, 6.45) is -4.43. The van der Waals surface area contributed by atoms with E-state index in [1.165, 1.54) is 30.3 Å². The molecule has 0 aliphatic carbocycles. The molecular weight excluding hydrogens is 431 g/mol. The van der Waals surface area contributed by atoms with Crippen LogP contribution in [0.4, 0.5) is 13.2 Å². The molecule has 1 N–H and O–H groups in total. The van der Waals surface area contributed by atoms with Crippen molar-refractivity contribution in [3.05, 3.63) is 88.4 Å². The third kappa shape index (κ3) is 5.55. The molecule has 0 saturated carbocycles. The quantitative estimate of drug-likeness (QED) is 0.583. The highest BCUT2D eigenvalue weighted by atomic mass is 32.2. The lowest BCUT2D eigenvalue weighted by molar-refractivity contribution is -0.137. The molecule has 3 rings (SSSR count). The van der Waals surface area contributed by atoms with Gasteiger partial charge in [-0.2, -0.15) is 13.2 Å². The first-order chi connectivity index (χ1) is 14.5. The molecule has 9 heteroatoms. The number of amides is 1. The smallest absolute Gasteiger partial charge is 0.416 e. The molecule has 1 heterocycles. The van der Waals surface area contributed by atoms with Gasteiger partial charge in [0.15, 0.2) is 15.6 Å². The summed E-state index contributed by atoms with van der Waals surface area (Å²) in [7, 11) is -3.65. The molecule has 1 amide bonds. The number of carbonyl (C=O) groups excluding carboxylic acids is 1. The fourth-order valence-electron chi connectivity index (χ4n) is 2.84. The van der Waals surface area contributed by atoms with Crippen molar-refractivity contribution >= 4 is 15.7 Å². The van der Waals surface area contributed by atoms with E-state index in [0.717, 1.165) is 23.3 Å². The molecule has 2 aromatic carbocycles. The third-order valence-corrected chi connectivity index (χ3v) is 6.43. The Morgan fingerprint density at radius 2 is 1.65 bits per heavy atom. The summed E-state index contributed by atoms with van der Waals surface area (Å²) in [5, 5.41) is 2.53. The van der Waals surface area contributed by atoms with Gasteiger partial charge in [0.05, 0.1) is 10.5 Å². The monoisotopic (exact) mass is 451 g/mol. The molecule has 0 atom stereocenters. The molecule has 1 aromatic heterocycles. The Morgan fingerprint density at radius 3 is 2.26 bits per heavy atom. The number of halogens is 3. The molecule has 5 nitrogen and oxygen atoms in total. The van der Waals surface area contributed by atoms with Crippen LogP contribution >= 0.6 is 0 Å². The number of furan rings is 1. The number of rotatable bonds is 6. The molecule has 164 valence electrons. The Morgan fingerprint density at radius 1 is 0.968 bits per heavy atom. The second kappa shape index (κ2) is 8.58. The zero-order valence-electron chi connectivity index (χ0n) is 16.8. The molecule has 0 fully saturated rings. The normalized spacial score (nSPS) is 12.0. The standard InChI is InChI=1S/C22H20F3NO4S/c1-14-3-9-19(11-15(14)2)31(28,29)13-18-8-10-20(30-18)21(27)26-12-16-4-6-17(7-5-16)22(23,24)25/h3-11H,12-13H2,1-2H3,(H,26,27). The highest BCUT2D eigenvalue weighted by Crippen LogP contribution is 2.29. The molecule has 0 aliphatic rings. The average molecular weight is 451 g/mol. The van der Waals surface area contributed by atoms with E-state index in [0.29, 0.717) is 5.56 Å². The van der Waals surface area contributed by atoms with Gasteiger partial charge < -0.3 is 9.73 Å². The Labute approximate surface area is 177 Å². The van der Waals surface area contributed by atoms with Crippen LogP contribution in [0.15, 0.2) is 63.9 Å². The summed E-state index contributed by atoms with van der Waals surface area (Å²) in [5.41, 5.74) is 1.53. The van der Waals surface area contributed by atoms with Crippen LogP contribution in [0.25, 0.3) is 0 Å². The van der Waals surface area contributed by atoms with E-state index >= 15 is 0 Å². The lowest BCUT2D eigenvalue weighted by Gasteiger charge is -2.08. The van der Waals surface area contributed by atoms with Gasteiger partial charge in [-0.25, -0.2) is 8.42 Å². The number of hydrogen-bond donors (Lipinski definition) is 1. The number of carbonyl (C=O) groups is 1.